The Kier molecular flexibility index (Phi) is 5.09. The monoisotopic (exact) mass is 212 g/mol. The van der Waals surface area contributed by atoms with Crippen molar-refractivity contribution in [3.05, 3.63) is 0 Å². The largest absolute Gasteiger partial charge is 0.353 e. The zero-order valence-electron chi connectivity index (χ0n) is 10.3. The van der Waals surface area contributed by atoms with Crippen molar-refractivity contribution in [3.63, 3.8) is 0 Å². The molecule has 1 heterocycles. The van der Waals surface area contributed by atoms with Gasteiger partial charge in [-0.3, -0.25) is 4.79 Å². The summed E-state index contributed by atoms with van der Waals surface area (Å²) in [5.74, 6) is 0.934. The fourth-order valence-corrected chi connectivity index (χ4v) is 2.11. The lowest BCUT2D eigenvalue weighted by atomic mass is 10.0. The van der Waals surface area contributed by atoms with Crippen LogP contribution >= 0.6 is 0 Å². The van der Waals surface area contributed by atoms with E-state index in [1.54, 1.807) is 0 Å². The van der Waals surface area contributed by atoms with Gasteiger partial charge in [0.1, 0.15) is 0 Å². The number of carbonyl (C=O) groups excluding carboxylic acids is 1. The minimum absolute atomic E-state index is 0.192. The van der Waals surface area contributed by atoms with Crippen LogP contribution in [0, 0.1) is 5.92 Å². The molecule has 1 saturated heterocycles. The van der Waals surface area contributed by atoms with Crippen molar-refractivity contribution in [2.45, 2.75) is 46.1 Å². The predicted molar refractivity (Wildman–Crippen MR) is 62.7 cm³/mol. The van der Waals surface area contributed by atoms with E-state index in [0.717, 1.165) is 31.8 Å². The molecule has 0 atom stereocenters. The van der Waals surface area contributed by atoms with Gasteiger partial charge in [0.15, 0.2) is 0 Å². The Bertz CT molecular complexity index is 196. The summed E-state index contributed by atoms with van der Waals surface area (Å²) in [5.41, 5.74) is 0. The molecule has 1 N–H and O–H groups in total. The molecule has 0 saturated carbocycles. The highest BCUT2D eigenvalue weighted by atomic mass is 16.1. The smallest absolute Gasteiger partial charge is 0.219 e. The first-order valence-electron chi connectivity index (χ1n) is 6.13. The third kappa shape index (κ3) is 4.65. The van der Waals surface area contributed by atoms with Gasteiger partial charge in [0.25, 0.3) is 0 Å². The zero-order chi connectivity index (χ0) is 11.3. The number of likely N-dealkylation sites (tertiary alicyclic amines) is 1. The van der Waals surface area contributed by atoms with Gasteiger partial charge in [-0.05, 0) is 18.8 Å². The lowest BCUT2D eigenvalue weighted by molar-refractivity contribution is -0.121. The van der Waals surface area contributed by atoms with Crippen LogP contribution in [-0.4, -0.2) is 36.5 Å². The summed E-state index contributed by atoms with van der Waals surface area (Å²) in [6.07, 6.45) is 2.82. The van der Waals surface area contributed by atoms with Crippen LogP contribution in [0.4, 0.5) is 0 Å². The Morgan fingerprint density at radius 3 is 2.47 bits per heavy atom. The topological polar surface area (TPSA) is 32.3 Å². The third-order valence-electron chi connectivity index (χ3n) is 2.90. The van der Waals surface area contributed by atoms with E-state index in [-0.39, 0.29) is 5.91 Å². The third-order valence-corrected chi connectivity index (χ3v) is 2.90. The number of nitrogens with zero attached hydrogens (tertiary/aromatic N) is 1. The maximum absolute atomic E-state index is 11.2. The standard InChI is InChI=1S/C12H24N2O/c1-4-12(15)13-11-5-7-14(8-6-11)9-10(2)3/h10-11H,4-9H2,1-3H3,(H,13,15). The number of carbonyl (C=O) groups is 1. The maximum atomic E-state index is 11.2. The van der Waals surface area contributed by atoms with Gasteiger partial charge in [-0.15, -0.1) is 0 Å². The Morgan fingerprint density at radius 1 is 1.40 bits per heavy atom. The van der Waals surface area contributed by atoms with Crippen LogP contribution in [0.15, 0.2) is 0 Å². The molecule has 1 aliphatic heterocycles. The zero-order valence-corrected chi connectivity index (χ0v) is 10.3. The summed E-state index contributed by atoms with van der Waals surface area (Å²) in [6.45, 7) is 9.87. The van der Waals surface area contributed by atoms with Crippen LogP contribution in [0.25, 0.3) is 0 Å². The average molecular weight is 212 g/mol. The number of hydrogen-bond donors (Lipinski definition) is 1. The van der Waals surface area contributed by atoms with Crippen molar-refractivity contribution in [1.29, 1.82) is 0 Å². The van der Waals surface area contributed by atoms with Gasteiger partial charge in [0.2, 0.25) is 5.91 Å². The van der Waals surface area contributed by atoms with Gasteiger partial charge in [-0.1, -0.05) is 20.8 Å². The molecule has 0 bridgehead atoms. The Hall–Kier alpha value is -0.570. The molecule has 0 aromatic heterocycles. The molecule has 0 aromatic carbocycles. The lowest BCUT2D eigenvalue weighted by Gasteiger charge is -2.33. The Labute approximate surface area is 93.2 Å². The van der Waals surface area contributed by atoms with E-state index in [0.29, 0.717) is 12.5 Å². The average Bonchev–Trinajstić information content (AvgIpc) is 2.20. The van der Waals surface area contributed by atoms with E-state index in [2.05, 4.69) is 24.1 Å². The molecular weight excluding hydrogens is 188 g/mol. The van der Waals surface area contributed by atoms with Gasteiger partial charge in [-0.25, -0.2) is 0 Å². The van der Waals surface area contributed by atoms with Gasteiger partial charge in [-0.2, -0.15) is 0 Å². The molecule has 3 heteroatoms. The van der Waals surface area contributed by atoms with E-state index in [1.807, 2.05) is 6.92 Å². The summed E-state index contributed by atoms with van der Waals surface area (Å²) >= 11 is 0. The highest BCUT2D eigenvalue weighted by Gasteiger charge is 2.20. The van der Waals surface area contributed by atoms with Crippen molar-refractivity contribution >= 4 is 5.91 Å². The molecule has 1 amide bonds. The number of nitrogens with one attached hydrogen (secondary N) is 1. The van der Waals surface area contributed by atoms with Crippen LogP contribution < -0.4 is 5.32 Å². The van der Waals surface area contributed by atoms with Crippen molar-refractivity contribution in [2.24, 2.45) is 5.92 Å². The summed E-state index contributed by atoms with van der Waals surface area (Å²) in [4.78, 5) is 13.7. The Morgan fingerprint density at radius 2 is 2.00 bits per heavy atom. The molecule has 1 aliphatic rings. The van der Waals surface area contributed by atoms with Crippen molar-refractivity contribution in [3.8, 4) is 0 Å². The van der Waals surface area contributed by atoms with Gasteiger partial charge in [0, 0.05) is 32.1 Å². The first-order valence-corrected chi connectivity index (χ1v) is 6.13. The van der Waals surface area contributed by atoms with E-state index < -0.39 is 0 Å². The molecular formula is C12H24N2O. The Balaban J connectivity index is 2.20. The summed E-state index contributed by atoms with van der Waals surface area (Å²) in [7, 11) is 0. The summed E-state index contributed by atoms with van der Waals surface area (Å²) in [6, 6.07) is 0.417. The molecule has 0 spiro atoms. The van der Waals surface area contributed by atoms with Gasteiger partial charge in [0.05, 0.1) is 0 Å². The fraction of sp³-hybridized carbons (Fsp3) is 0.917. The summed E-state index contributed by atoms with van der Waals surface area (Å²) < 4.78 is 0. The molecule has 0 aromatic rings. The van der Waals surface area contributed by atoms with Crippen LogP contribution in [0.1, 0.15) is 40.0 Å². The molecule has 0 unspecified atom stereocenters. The minimum Gasteiger partial charge on any atom is -0.353 e. The number of amides is 1. The molecule has 3 nitrogen and oxygen atoms in total. The fourth-order valence-electron chi connectivity index (χ4n) is 2.11. The quantitative estimate of drug-likeness (QED) is 0.768. The highest BCUT2D eigenvalue weighted by molar-refractivity contribution is 5.75. The van der Waals surface area contributed by atoms with Crippen LogP contribution in [0.3, 0.4) is 0 Å². The molecule has 1 rings (SSSR count). The van der Waals surface area contributed by atoms with Crippen molar-refractivity contribution < 1.29 is 4.79 Å². The maximum Gasteiger partial charge on any atom is 0.219 e. The highest BCUT2D eigenvalue weighted by Crippen LogP contribution is 2.12. The molecule has 0 radical (unpaired) electrons. The number of piperidine rings is 1. The van der Waals surface area contributed by atoms with E-state index in [4.69, 9.17) is 0 Å². The second-order valence-electron chi connectivity index (χ2n) is 4.89. The normalized spacial score (nSPS) is 19.5. The second-order valence-corrected chi connectivity index (χ2v) is 4.89. The lowest BCUT2D eigenvalue weighted by Crippen LogP contribution is -2.45. The van der Waals surface area contributed by atoms with E-state index >= 15 is 0 Å². The summed E-state index contributed by atoms with van der Waals surface area (Å²) in [5, 5.41) is 3.08. The minimum atomic E-state index is 0.192. The molecule has 15 heavy (non-hydrogen) atoms. The van der Waals surface area contributed by atoms with Gasteiger partial charge < -0.3 is 10.2 Å². The first kappa shape index (κ1) is 12.5. The molecule has 1 fully saturated rings. The van der Waals surface area contributed by atoms with Crippen LogP contribution in [-0.2, 0) is 4.79 Å². The SMILES string of the molecule is CCC(=O)NC1CCN(CC(C)C)CC1. The van der Waals surface area contributed by atoms with Crippen molar-refractivity contribution in [2.75, 3.05) is 19.6 Å². The van der Waals surface area contributed by atoms with E-state index in [9.17, 15) is 4.79 Å². The van der Waals surface area contributed by atoms with Gasteiger partial charge >= 0.3 is 0 Å². The molecule has 88 valence electrons. The first-order chi connectivity index (χ1) is 7.11. The predicted octanol–water partition coefficient (Wildman–Crippen LogP) is 1.63. The number of hydrogen-bond acceptors (Lipinski definition) is 2. The van der Waals surface area contributed by atoms with Crippen molar-refractivity contribution in [1.82, 2.24) is 10.2 Å². The van der Waals surface area contributed by atoms with E-state index in [1.165, 1.54) is 6.54 Å². The molecule has 0 aliphatic carbocycles. The second kappa shape index (κ2) is 6.11. The number of rotatable bonds is 4. The van der Waals surface area contributed by atoms with Crippen LogP contribution in [0.5, 0.6) is 0 Å². The van der Waals surface area contributed by atoms with Crippen LogP contribution in [0.2, 0.25) is 0 Å².